The molecule has 2 aromatic rings. The third kappa shape index (κ3) is 1.83. The van der Waals surface area contributed by atoms with Crippen molar-refractivity contribution < 1.29 is 9.72 Å². The smallest absolute Gasteiger partial charge is 0.270 e. The van der Waals surface area contributed by atoms with Crippen LogP contribution in [0.4, 0.5) is 11.4 Å². The van der Waals surface area contributed by atoms with Crippen molar-refractivity contribution in [3.63, 3.8) is 0 Å². The van der Waals surface area contributed by atoms with Crippen LogP contribution in [0, 0.1) is 17.0 Å². The molecule has 1 aliphatic heterocycles. The Kier molecular flexibility index (Phi) is 2.74. The molecule has 0 radical (unpaired) electrons. The number of rotatable bonds is 1. The topological polar surface area (TPSA) is 97.2 Å². The van der Waals surface area contributed by atoms with E-state index < -0.39 is 4.92 Å². The van der Waals surface area contributed by atoms with E-state index >= 15 is 0 Å². The van der Waals surface area contributed by atoms with E-state index in [2.05, 4.69) is 15.6 Å². The summed E-state index contributed by atoms with van der Waals surface area (Å²) < 4.78 is 0. The second kappa shape index (κ2) is 4.44. The molecule has 0 aliphatic carbocycles. The molecule has 0 saturated heterocycles. The molecule has 0 atom stereocenters. The summed E-state index contributed by atoms with van der Waals surface area (Å²) in [5, 5.41) is 17.5. The van der Waals surface area contributed by atoms with Gasteiger partial charge in [-0.05, 0) is 12.5 Å². The number of hydrogen-bond donors (Lipinski definition) is 2. The average Bonchev–Trinajstić information content (AvgIpc) is 2.61. The number of nitro groups is 1. The van der Waals surface area contributed by atoms with Crippen molar-refractivity contribution in [2.75, 3.05) is 18.4 Å². The van der Waals surface area contributed by atoms with Crippen molar-refractivity contribution in [3.8, 4) is 0 Å². The SMILES string of the molecule is Cc1cc([N+](=O)[O-])cc2c3c(cnc12)C(=O)NCCN3. The van der Waals surface area contributed by atoms with Crippen LogP contribution < -0.4 is 10.6 Å². The van der Waals surface area contributed by atoms with Crippen LogP contribution in [0.2, 0.25) is 0 Å². The fourth-order valence-electron chi connectivity index (χ4n) is 2.39. The Bertz CT molecular complexity index is 742. The number of nitrogens with zero attached hydrogens (tertiary/aromatic N) is 2. The van der Waals surface area contributed by atoms with Crippen LogP contribution in [0.15, 0.2) is 18.3 Å². The molecule has 2 heterocycles. The monoisotopic (exact) mass is 272 g/mol. The lowest BCUT2D eigenvalue weighted by Crippen LogP contribution is -2.24. The highest BCUT2D eigenvalue weighted by Crippen LogP contribution is 2.32. The summed E-state index contributed by atoms with van der Waals surface area (Å²) in [7, 11) is 0. The second-order valence-electron chi connectivity index (χ2n) is 4.65. The summed E-state index contributed by atoms with van der Waals surface area (Å²) in [4.78, 5) is 26.7. The number of fused-ring (bicyclic) bond motifs is 3. The van der Waals surface area contributed by atoms with Gasteiger partial charge in [0.15, 0.2) is 0 Å². The van der Waals surface area contributed by atoms with Crippen LogP contribution in [-0.2, 0) is 0 Å². The molecular formula is C13H12N4O3. The summed E-state index contributed by atoms with van der Waals surface area (Å²) in [5.74, 6) is -0.219. The van der Waals surface area contributed by atoms with Crippen molar-refractivity contribution in [2.45, 2.75) is 6.92 Å². The maximum atomic E-state index is 11.9. The standard InChI is InChI=1S/C13H12N4O3/c1-7-4-8(17(19)20)5-9-11(7)16-6-10-12(9)14-2-3-15-13(10)18/h4-6,14H,2-3H2,1H3,(H,15,18). The number of carbonyl (C=O) groups excluding carboxylic acids is 1. The molecule has 1 aromatic carbocycles. The summed E-state index contributed by atoms with van der Waals surface area (Å²) in [6, 6.07) is 2.94. The van der Waals surface area contributed by atoms with Gasteiger partial charge in [-0.25, -0.2) is 0 Å². The van der Waals surface area contributed by atoms with Gasteiger partial charge in [0.05, 0.1) is 21.7 Å². The predicted molar refractivity (Wildman–Crippen MR) is 74.0 cm³/mol. The molecule has 3 rings (SSSR count). The molecule has 0 saturated carbocycles. The number of anilines is 1. The number of non-ortho nitro benzene ring substituents is 1. The van der Waals surface area contributed by atoms with Crippen LogP contribution in [0.25, 0.3) is 10.9 Å². The van der Waals surface area contributed by atoms with Crippen LogP contribution in [0.1, 0.15) is 15.9 Å². The lowest BCUT2D eigenvalue weighted by atomic mass is 10.0. The van der Waals surface area contributed by atoms with Gasteiger partial charge in [-0.3, -0.25) is 19.9 Å². The van der Waals surface area contributed by atoms with Gasteiger partial charge in [-0.15, -0.1) is 0 Å². The Balaban J connectivity index is 2.35. The second-order valence-corrected chi connectivity index (χ2v) is 4.65. The summed E-state index contributed by atoms with van der Waals surface area (Å²) in [5.41, 5.74) is 2.39. The number of pyridine rings is 1. The number of aromatic nitrogens is 1. The van der Waals surface area contributed by atoms with Gasteiger partial charge < -0.3 is 10.6 Å². The quantitative estimate of drug-likeness (QED) is 0.607. The van der Waals surface area contributed by atoms with Crippen LogP contribution in [0.3, 0.4) is 0 Å². The molecule has 1 amide bonds. The Morgan fingerprint density at radius 1 is 1.30 bits per heavy atom. The van der Waals surface area contributed by atoms with Crippen molar-refractivity contribution >= 4 is 28.2 Å². The zero-order chi connectivity index (χ0) is 14.3. The van der Waals surface area contributed by atoms with E-state index in [0.717, 1.165) is 0 Å². The minimum absolute atomic E-state index is 0.00310. The predicted octanol–water partition coefficient (Wildman–Crippen LogP) is 1.61. The Morgan fingerprint density at radius 2 is 2.05 bits per heavy atom. The first-order chi connectivity index (χ1) is 9.58. The molecule has 2 N–H and O–H groups in total. The molecular weight excluding hydrogens is 260 g/mol. The fourth-order valence-corrected chi connectivity index (χ4v) is 2.39. The number of amides is 1. The number of benzene rings is 1. The number of carbonyl (C=O) groups is 1. The molecule has 0 fully saturated rings. The first-order valence-electron chi connectivity index (χ1n) is 6.18. The Hall–Kier alpha value is -2.70. The highest BCUT2D eigenvalue weighted by molar-refractivity contribution is 6.08. The van der Waals surface area contributed by atoms with Gasteiger partial charge >= 0.3 is 0 Å². The van der Waals surface area contributed by atoms with E-state index in [1.54, 1.807) is 6.92 Å². The van der Waals surface area contributed by atoms with Gasteiger partial charge in [0.25, 0.3) is 11.6 Å². The Morgan fingerprint density at radius 3 is 2.80 bits per heavy atom. The minimum atomic E-state index is -0.442. The van der Waals surface area contributed by atoms with E-state index in [1.165, 1.54) is 18.3 Å². The van der Waals surface area contributed by atoms with Crippen molar-refractivity contribution in [2.24, 2.45) is 0 Å². The van der Waals surface area contributed by atoms with Crippen LogP contribution >= 0.6 is 0 Å². The third-order valence-electron chi connectivity index (χ3n) is 3.31. The molecule has 0 unspecified atom stereocenters. The van der Waals surface area contributed by atoms with Gasteiger partial charge in [-0.1, -0.05) is 0 Å². The maximum Gasteiger partial charge on any atom is 0.270 e. The number of hydrogen-bond acceptors (Lipinski definition) is 5. The summed E-state index contributed by atoms with van der Waals surface area (Å²) in [6.45, 7) is 2.84. The van der Waals surface area contributed by atoms with Crippen LogP contribution in [-0.4, -0.2) is 28.9 Å². The van der Waals surface area contributed by atoms with Gasteiger partial charge in [0.2, 0.25) is 0 Å². The highest BCUT2D eigenvalue weighted by Gasteiger charge is 2.20. The van der Waals surface area contributed by atoms with Crippen LogP contribution in [0.5, 0.6) is 0 Å². The highest BCUT2D eigenvalue weighted by atomic mass is 16.6. The molecule has 102 valence electrons. The molecule has 20 heavy (non-hydrogen) atoms. The lowest BCUT2D eigenvalue weighted by Gasteiger charge is -2.11. The van der Waals surface area contributed by atoms with E-state index in [-0.39, 0.29) is 11.6 Å². The third-order valence-corrected chi connectivity index (χ3v) is 3.31. The van der Waals surface area contributed by atoms with Gasteiger partial charge in [0.1, 0.15) is 0 Å². The number of nitro benzene ring substituents is 1. The van der Waals surface area contributed by atoms with Crippen molar-refractivity contribution in [1.29, 1.82) is 0 Å². The Labute approximate surface area is 114 Å². The molecule has 1 aliphatic rings. The largest absolute Gasteiger partial charge is 0.382 e. The molecule has 7 heteroatoms. The zero-order valence-corrected chi connectivity index (χ0v) is 10.8. The number of aryl methyl sites for hydroxylation is 1. The molecule has 7 nitrogen and oxygen atoms in total. The molecule has 0 spiro atoms. The summed E-state index contributed by atoms with van der Waals surface area (Å²) in [6.07, 6.45) is 1.50. The van der Waals surface area contributed by atoms with E-state index in [0.29, 0.717) is 40.8 Å². The first-order valence-corrected chi connectivity index (χ1v) is 6.18. The zero-order valence-electron chi connectivity index (χ0n) is 10.8. The molecule has 1 aromatic heterocycles. The van der Waals surface area contributed by atoms with E-state index in [9.17, 15) is 14.9 Å². The van der Waals surface area contributed by atoms with Gasteiger partial charge in [0, 0.05) is 36.8 Å². The maximum absolute atomic E-state index is 11.9. The first kappa shape index (κ1) is 12.3. The van der Waals surface area contributed by atoms with Crippen molar-refractivity contribution in [3.05, 3.63) is 39.6 Å². The average molecular weight is 272 g/mol. The van der Waals surface area contributed by atoms with Gasteiger partial charge in [-0.2, -0.15) is 0 Å². The summed E-state index contributed by atoms with van der Waals surface area (Å²) >= 11 is 0. The van der Waals surface area contributed by atoms with E-state index in [4.69, 9.17) is 0 Å². The lowest BCUT2D eigenvalue weighted by molar-refractivity contribution is -0.384. The number of nitrogens with one attached hydrogen (secondary N) is 2. The minimum Gasteiger partial charge on any atom is -0.382 e. The molecule has 0 bridgehead atoms. The van der Waals surface area contributed by atoms with E-state index in [1.807, 2.05) is 0 Å². The normalized spacial score (nSPS) is 14.2. The fraction of sp³-hybridized carbons (Fsp3) is 0.231. The van der Waals surface area contributed by atoms with Crippen molar-refractivity contribution in [1.82, 2.24) is 10.3 Å².